The molecule has 1 aliphatic rings. The van der Waals surface area contributed by atoms with Crippen molar-refractivity contribution >= 4 is 11.6 Å². The third kappa shape index (κ3) is 5.66. The van der Waals surface area contributed by atoms with Gasteiger partial charge in [-0.15, -0.1) is 0 Å². The summed E-state index contributed by atoms with van der Waals surface area (Å²) in [4.78, 5) is 11.9. The Morgan fingerprint density at radius 1 is 1.08 bits per heavy atom. The lowest BCUT2D eigenvalue weighted by Crippen LogP contribution is -2.33. The second-order valence-corrected chi connectivity index (χ2v) is 6.08. The Kier molecular flexibility index (Phi) is 6.08. The second-order valence-electron chi connectivity index (χ2n) is 6.08. The van der Waals surface area contributed by atoms with Crippen molar-refractivity contribution < 1.29 is 9.53 Å². The number of benzene rings is 2. The summed E-state index contributed by atoms with van der Waals surface area (Å²) in [6, 6.07) is 17.7. The molecule has 1 heterocycles. The molecule has 0 aromatic heterocycles. The van der Waals surface area contributed by atoms with E-state index in [4.69, 9.17) is 4.74 Å². The molecule has 1 atom stereocenters. The number of anilines is 1. The molecule has 1 fully saturated rings. The summed E-state index contributed by atoms with van der Waals surface area (Å²) in [7, 11) is 0. The topological polar surface area (TPSA) is 50.4 Å². The SMILES string of the molecule is O=C(CNc1cccc(C#Cc2ccccc2)c1)NC[C@H]1CCOC1. The summed E-state index contributed by atoms with van der Waals surface area (Å²) < 4.78 is 5.31. The lowest BCUT2D eigenvalue weighted by atomic mass is 10.1. The van der Waals surface area contributed by atoms with E-state index in [0.29, 0.717) is 12.5 Å². The molecule has 4 nitrogen and oxygen atoms in total. The van der Waals surface area contributed by atoms with Crippen LogP contribution in [0, 0.1) is 17.8 Å². The van der Waals surface area contributed by atoms with E-state index in [-0.39, 0.29) is 12.5 Å². The van der Waals surface area contributed by atoms with Crippen LogP contribution in [-0.4, -0.2) is 32.2 Å². The van der Waals surface area contributed by atoms with Gasteiger partial charge in [0.15, 0.2) is 0 Å². The number of hydrogen-bond donors (Lipinski definition) is 2. The predicted octanol–water partition coefficient (Wildman–Crippen LogP) is 2.65. The molecule has 25 heavy (non-hydrogen) atoms. The van der Waals surface area contributed by atoms with Gasteiger partial charge in [0.05, 0.1) is 13.2 Å². The lowest BCUT2D eigenvalue weighted by Gasteiger charge is -2.10. The third-order valence-electron chi connectivity index (χ3n) is 4.05. The zero-order chi connectivity index (χ0) is 17.3. The molecule has 0 unspecified atom stereocenters. The number of nitrogens with one attached hydrogen (secondary N) is 2. The number of amides is 1. The maximum Gasteiger partial charge on any atom is 0.239 e. The van der Waals surface area contributed by atoms with Gasteiger partial charge in [-0.3, -0.25) is 4.79 Å². The highest BCUT2D eigenvalue weighted by Crippen LogP contribution is 2.11. The molecule has 3 rings (SSSR count). The number of carbonyl (C=O) groups is 1. The Morgan fingerprint density at radius 3 is 2.68 bits per heavy atom. The van der Waals surface area contributed by atoms with Crippen LogP contribution in [0.3, 0.4) is 0 Å². The van der Waals surface area contributed by atoms with Gasteiger partial charge < -0.3 is 15.4 Å². The van der Waals surface area contributed by atoms with Gasteiger partial charge in [-0.2, -0.15) is 0 Å². The largest absolute Gasteiger partial charge is 0.381 e. The predicted molar refractivity (Wildman–Crippen MR) is 99.3 cm³/mol. The molecule has 128 valence electrons. The first kappa shape index (κ1) is 17.1. The number of ether oxygens (including phenoxy) is 1. The van der Waals surface area contributed by atoms with E-state index in [9.17, 15) is 4.79 Å². The van der Waals surface area contributed by atoms with Crippen molar-refractivity contribution in [3.05, 3.63) is 65.7 Å². The normalized spacial score (nSPS) is 15.9. The zero-order valence-electron chi connectivity index (χ0n) is 14.1. The monoisotopic (exact) mass is 334 g/mol. The molecule has 2 N–H and O–H groups in total. The van der Waals surface area contributed by atoms with Gasteiger partial charge in [-0.25, -0.2) is 0 Å². The molecular formula is C21H22N2O2. The van der Waals surface area contributed by atoms with Crippen LogP contribution in [0.15, 0.2) is 54.6 Å². The highest BCUT2D eigenvalue weighted by molar-refractivity contribution is 5.80. The highest BCUT2D eigenvalue weighted by Gasteiger charge is 2.16. The highest BCUT2D eigenvalue weighted by atomic mass is 16.5. The molecule has 2 aromatic carbocycles. The van der Waals surface area contributed by atoms with E-state index < -0.39 is 0 Å². The van der Waals surface area contributed by atoms with Crippen molar-refractivity contribution in [3.63, 3.8) is 0 Å². The van der Waals surface area contributed by atoms with Crippen molar-refractivity contribution in [2.24, 2.45) is 5.92 Å². The van der Waals surface area contributed by atoms with E-state index >= 15 is 0 Å². The number of hydrogen-bond acceptors (Lipinski definition) is 3. The molecule has 0 aliphatic carbocycles. The first-order valence-corrected chi connectivity index (χ1v) is 8.55. The Hall–Kier alpha value is -2.77. The van der Waals surface area contributed by atoms with Crippen molar-refractivity contribution in [2.45, 2.75) is 6.42 Å². The lowest BCUT2D eigenvalue weighted by molar-refractivity contribution is -0.119. The molecule has 1 saturated heterocycles. The van der Waals surface area contributed by atoms with E-state index in [1.807, 2.05) is 54.6 Å². The van der Waals surface area contributed by atoms with Crippen LogP contribution in [-0.2, 0) is 9.53 Å². The number of rotatable bonds is 5. The summed E-state index contributed by atoms with van der Waals surface area (Å²) in [5.41, 5.74) is 2.78. The summed E-state index contributed by atoms with van der Waals surface area (Å²) in [5, 5.41) is 6.09. The fourth-order valence-corrected chi connectivity index (χ4v) is 2.62. The van der Waals surface area contributed by atoms with E-state index in [1.54, 1.807) is 0 Å². The smallest absolute Gasteiger partial charge is 0.239 e. The van der Waals surface area contributed by atoms with Crippen molar-refractivity contribution in [2.75, 3.05) is 31.6 Å². The standard InChI is InChI=1S/C21H22N2O2/c24-21(23-14-19-11-12-25-16-19)15-22-20-8-4-7-18(13-20)10-9-17-5-2-1-3-6-17/h1-8,13,19,22H,11-12,14-16H2,(H,23,24)/t19-/m1/s1. The van der Waals surface area contributed by atoms with Crippen molar-refractivity contribution in [1.82, 2.24) is 5.32 Å². The van der Waals surface area contributed by atoms with Crippen LogP contribution in [0.4, 0.5) is 5.69 Å². The molecule has 0 saturated carbocycles. The maximum absolute atomic E-state index is 11.9. The van der Waals surface area contributed by atoms with Gasteiger partial charge in [-0.05, 0) is 36.8 Å². The average molecular weight is 334 g/mol. The molecule has 0 spiro atoms. The molecule has 1 aliphatic heterocycles. The fraction of sp³-hybridized carbons (Fsp3) is 0.286. The van der Waals surface area contributed by atoms with Crippen LogP contribution >= 0.6 is 0 Å². The Morgan fingerprint density at radius 2 is 1.88 bits per heavy atom. The van der Waals surface area contributed by atoms with E-state index in [0.717, 1.165) is 36.4 Å². The van der Waals surface area contributed by atoms with Crippen LogP contribution in [0.5, 0.6) is 0 Å². The molecule has 0 radical (unpaired) electrons. The van der Waals surface area contributed by atoms with Gasteiger partial charge >= 0.3 is 0 Å². The van der Waals surface area contributed by atoms with Crippen LogP contribution in [0.1, 0.15) is 17.5 Å². The van der Waals surface area contributed by atoms with Gasteiger partial charge in [0, 0.05) is 35.9 Å². The quantitative estimate of drug-likeness (QED) is 0.827. The van der Waals surface area contributed by atoms with Gasteiger partial charge in [0.2, 0.25) is 5.91 Å². The van der Waals surface area contributed by atoms with Crippen LogP contribution < -0.4 is 10.6 Å². The summed E-state index contributed by atoms with van der Waals surface area (Å²) in [6.07, 6.45) is 1.02. The first-order chi connectivity index (χ1) is 12.3. The first-order valence-electron chi connectivity index (χ1n) is 8.55. The van der Waals surface area contributed by atoms with E-state index in [2.05, 4.69) is 22.5 Å². The van der Waals surface area contributed by atoms with Crippen LogP contribution in [0.25, 0.3) is 0 Å². The second kappa shape index (κ2) is 8.91. The van der Waals surface area contributed by atoms with Gasteiger partial charge in [0.25, 0.3) is 0 Å². The summed E-state index contributed by atoms with van der Waals surface area (Å²) in [5.74, 6) is 6.72. The summed E-state index contributed by atoms with van der Waals surface area (Å²) >= 11 is 0. The van der Waals surface area contributed by atoms with Crippen molar-refractivity contribution in [3.8, 4) is 11.8 Å². The average Bonchev–Trinajstić information content (AvgIpc) is 3.18. The Labute approximate surface area is 148 Å². The molecule has 0 bridgehead atoms. The molecule has 1 amide bonds. The van der Waals surface area contributed by atoms with Crippen molar-refractivity contribution in [1.29, 1.82) is 0 Å². The third-order valence-corrected chi connectivity index (χ3v) is 4.05. The maximum atomic E-state index is 11.9. The minimum absolute atomic E-state index is 0.00678. The van der Waals surface area contributed by atoms with Gasteiger partial charge in [-0.1, -0.05) is 36.1 Å². The summed E-state index contributed by atoms with van der Waals surface area (Å²) in [6.45, 7) is 2.48. The fourth-order valence-electron chi connectivity index (χ4n) is 2.62. The number of carbonyl (C=O) groups excluding carboxylic acids is 1. The minimum atomic E-state index is -0.00678. The zero-order valence-corrected chi connectivity index (χ0v) is 14.1. The van der Waals surface area contributed by atoms with E-state index in [1.165, 1.54) is 0 Å². The van der Waals surface area contributed by atoms with Gasteiger partial charge in [0.1, 0.15) is 0 Å². The Balaban J connectivity index is 1.49. The van der Waals surface area contributed by atoms with Crippen LogP contribution in [0.2, 0.25) is 0 Å². The minimum Gasteiger partial charge on any atom is -0.381 e. The molecular weight excluding hydrogens is 312 g/mol. The Bertz CT molecular complexity index is 756. The molecule has 4 heteroatoms. The molecule has 2 aromatic rings.